The van der Waals surface area contributed by atoms with E-state index in [9.17, 15) is 4.79 Å². The second kappa shape index (κ2) is 7.90. The van der Waals surface area contributed by atoms with Crippen molar-refractivity contribution in [3.63, 3.8) is 0 Å². The van der Waals surface area contributed by atoms with E-state index < -0.39 is 0 Å². The molecular weight excluding hydrogens is 292 g/mol. The Labute approximate surface area is 137 Å². The minimum Gasteiger partial charge on any atom is -0.396 e. The molecule has 2 aliphatic rings. The number of hydrogen-bond donors (Lipinski definition) is 1. The van der Waals surface area contributed by atoms with E-state index >= 15 is 0 Å². The number of fused-ring (bicyclic) bond motifs is 1. The van der Waals surface area contributed by atoms with Crippen LogP contribution in [0.3, 0.4) is 0 Å². The normalized spacial score (nSPS) is 22.2. The highest BCUT2D eigenvalue weighted by Crippen LogP contribution is 2.32. The third-order valence-corrected chi connectivity index (χ3v) is 4.82. The van der Waals surface area contributed by atoms with Gasteiger partial charge in [-0.15, -0.1) is 0 Å². The summed E-state index contributed by atoms with van der Waals surface area (Å²) < 4.78 is 5.38. The number of hydrogen-bond acceptors (Lipinski definition) is 4. The zero-order chi connectivity index (χ0) is 16.1. The second-order valence-electron chi connectivity index (χ2n) is 6.34. The summed E-state index contributed by atoms with van der Waals surface area (Å²) in [5.41, 5.74) is 2.31. The van der Waals surface area contributed by atoms with Crippen LogP contribution in [0.2, 0.25) is 0 Å². The molecule has 0 aliphatic carbocycles. The van der Waals surface area contributed by atoms with Crippen molar-refractivity contribution in [2.24, 2.45) is 5.92 Å². The Hall–Kier alpha value is -1.43. The predicted molar refractivity (Wildman–Crippen MR) is 89.6 cm³/mol. The minimum atomic E-state index is 0.00161. The topological polar surface area (TPSA) is 53.0 Å². The Morgan fingerprint density at radius 2 is 1.96 bits per heavy atom. The van der Waals surface area contributed by atoms with Gasteiger partial charge in [-0.1, -0.05) is 18.2 Å². The van der Waals surface area contributed by atoms with Crippen molar-refractivity contribution in [1.82, 2.24) is 4.90 Å². The van der Waals surface area contributed by atoms with Gasteiger partial charge in [0.1, 0.15) is 0 Å². The van der Waals surface area contributed by atoms with E-state index in [0.717, 1.165) is 57.9 Å². The third kappa shape index (κ3) is 3.91. The quantitative estimate of drug-likeness (QED) is 0.859. The molecule has 0 spiro atoms. The lowest BCUT2D eigenvalue weighted by Crippen LogP contribution is -2.47. The van der Waals surface area contributed by atoms with Crippen LogP contribution >= 0.6 is 0 Å². The number of aliphatic hydroxyl groups is 1. The first-order valence-electron chi connectivity index (χ1n) is 8.60. The molecule has 5 heteroatoms. The molecule has 126 valence electrons. The van der Waals surface area contributed by atoms with Gasteiger partial charge in [0, 0.05) is 44.4 Å². The van der Waals surface area contributed by atoms with Gasteiger partial charge in [-0.2, -0.15) is 0 Å². The number of carbonyl (C=O) groups is 1. The van der Waals surface area contributed by atoms with Crippen LogP contribution in [0, 0.1) is 5.92 Å². The monoisotopic (exact) mass is 318 g/mol. The summed E-state index contributed by atoms with van der Waals surface area (Å²) in [5, 5.41) is 9.07. The molecule has 23 heavy (non-hydrogen) atoms. The standard InChI is InChI=1S/C18H26N2O3/c21-11-3-5-16-14-15-4-1-2-6-17(15)20(18(16)22)8-7-19-9-12-23-13-10-19/h1-2,4,6,16,21H,3,5,7-14H2. The Kier molecular flexibility index (Phi) is 5.65. The Morgan fingerprint density at radius 1 is 1.17 bits per heavy atom. The SMILES string of the molecule is O=C1C(CCCO)Cc2ccccc2N1CCN1CCOCC1. The van der Waals surface area contributed by atoms with E-state index in [-0.39, 0.29) is 18.4 Å². The fourth-order valence-corrected chi connectivity index (χ4v) is 3.50. The van der Waals surface area contributed by atoms with E-state index in [0.29, 0.717) is 6.42 Å². The maximum atomic E-state index is 12.9. The lowest BCUT2D eigenvalue weighted by molar-refractivity contribution is -0.123. The van der Waals surface area contributed by atoms with Crippen LogP contribution in [0.15, 0.2) is 24.3 Å². The van der Waals surface area contributed by atoms with Crippen LogP contribution < -0.4 is 4.90 Å². The summed E-state index contributed by atoms with van der Waals surface area (Å²) in [6.07, 6.45) is 2.25. The van der Waals surface area contributed by atoms with E-state index in [2.05, 4.69) is 17.0 Å². The first-order chi connectivity index (χ1) is 11.3. The third-order valence-electron chi connectivity index (χ3n) is 4.82. The molecule has 1 aromatic carbocycles. The number of carbonyl (C=O) groups excluding carboxylic acids is 1. The molecule has 3 rings (SSSR count). The molecule has 1 amide bonds. The zero-order valence-electron chi connectivity index (χ0n) is 13.6. The number of para-hydroxylation sites is 1. The van der Waals surface area contributed by atoms with Crippen LogP contribution in [-0.4, -0.2) is 61.9 Å². The summed E-state index contributed by atoms with van der Waals surface area (Å²) in [5.74, 6) is 0.215. The largest absolute Gasteiger partial charge is 0.396 e. The molecule has 5 nitrogen and oxygen atoms in total. The lowest BCUT2D eigenvalue weighted by atomic mass is 9.88. The van der Waals surface area contributed by atoms with Gasteiger partial charge >= 0.3 is 0 Å². The number of rotatable bonds is 6. The lowest BCUT2D eigenvalue weighted by Gasteiger charge is -2.36. The minimum absolute atomic E-state index is 0.00161. The summed E-state index contributed by atoms with van der Waals surface area (Å²) in [7, 11) is 0. The van der Waals surface area contributed by atoms with Crippen molar-refractivity contribution in [2.75, 3.05) is 50.9 Å². The van der Waals surface area contributed by atoms with E-state index in [1.54, 1.807) is 0 Å². The maximum Gasteiger partial charge on any atom is 0.230 e. The molecule has 1 aromatic rings. The number of ether oxygens (including phenoxy) is 1. The molecule has 1 saturated heterocycles. The van der Waals surface area contributed by atoms with Crippen molar-refractivity contribution < 1.29 is 14.6 Å². The number of nitrogens with zero attached hydrogens (tertiary/aromatic N) is 2. The molecule has 2 heterocycles. The molecule has 1 fully saturated rings. The highest BCUT2D eigenvalue weighted by molar-refractivity contribution is 5.98. The van der Waals surface area contributed by atoms with Gasteiger partial charge in [-0.25, -0.2) is 0 Å². The van der Waals surface area contributed by atoms with Gasteiger partial charge < -0.3 is 14.7 Å². The van der Waals surface area contributed by atoms with Crippen LogP contribution in [0.5, 0.6) is 0 Å². The summed E-state index contributed by atoms with van der Waals surface area (Å²) in [6, 6.07) is 8.21. The van der Waals surface area contributed by atoms with Crippen molar-refractivity contribution in [1.29, 1.82) is 0 Å². The molecule has 1 atom stereocenters. The van der Waals surface area contributed by atoms with Gasteiger partial charge in [-0.3, -0.25) is 9.69 Å². The molecule has 0 radical (unpaired) electrons. The average molecular weight is 318 g/mol. The Balaban J connectivity index is 1.71. The van der Waals surface area contributed by atoms with Gasteiger partial charge in [0.15, 0.2) is 0 Å². The van der Waals surface area contributed by atoms with Gasteiger partial charge in [0.2, 0.25) is 5.91 Å². The summed E-state index contributed by atoms with van der Waals surface area (Å²) in [4.78, 5) is 17.2. The van der Waals surface area contributed by atoms with Crippen LogP contribution in [0.1, 0.15) is 18.4 Å². The smallest absolute Gasteiger partial charge is 0.230 e. The van der Waals surface area contributed by atoms with Crippen molar-refractivity contribution >= 4 is 11.6 Å². The first-order valence-corrected chi connectivity index (χ1v) is 8.60. The van der Waals surface area contributed by atoms with E-state index in [1.807, 2.05) is 17.0 Å². The molecule has 0 saturated carbocycles. The Morgan fingerprint density at radius 3 is 2.74 bits per heavy atom. The second-order valence-corrected chi connectivity index (χ2v) is 6.34. The molecule has 1 N–H and O–H groups in total. The summed E-state index contributed by atoms with van der Waals surface area (Å²) in [6.45, 7) is 5.21. The van der Waals surface area contributed by atoms with Crippen LogP contribution in [0.4, 0.5) is 5.69 Å². The fraction of sp³-hybridized carbons (Fsp3) is 0.611. The number of amides is 1. The Bertz CT molecular complexity index is 529. The van der Waals surface area contributed by atoms with Crippen molar-refractivity contribution in [3.05, 3.63) is 29.8 Å². The number of aliphatic hydroxyl groups excluding tert-OH is 1. The fourth-order valence-electron chi connectivity index (χ4n) is 3.50. The zero-order valence-corrected chi connectivity index (χ0v) is 13.6. The number of benzene rings is 1. The first kappa shape index (κ1) is 16.4. The highest BCUT2D eigenvalue weighted by atomic mass is 16.5. The molecule has 2 aliphatic heterocycles. The highest BCUT2D eigenvalue weighted by Gasteiger charge is 2.32. The summed E-state index contributed by atoms with van der Waals surface area (Å²) >= 11 is 0. The van der Waals surface area contributed by atoms with Gasteiger partial charge in [-0.05, 0) is 30.9 Å². The number of morpholine rings is 1. The van der Waals surface area contributed by atoms with Crippen LogP contribution in [-0.2, 0) is 16.0 Å². The van der Waals surface area contributed by atoms with Gasteiger partial charge in [0.05, 0.1) is 13.2 Å². The van der Waals surface area contributed by atoms with Gasteiger partial charge in [0.25, 0.3) is 0 Å². The molecular formula is C18H26N2O3. The predicted octanol–water partition coefficient (Wildman–Crippen LogP) is 1.30. The average Bonchev–Trinajstić information content (AvgIpc) is 2.60. The maximum absolute atomic E-state index is 12.9. The van der Waals surface area contributed by atoms with E-state index in [4.69, 9.17) is 9.84 Å². The van der Waals surface area contributed by atoms with Crippen molar-refractivity contribution in [2.45, 2.75) is 19.3 Å². The van der Waals surface area contributed by atoms with Crippen LogP contribution in [0.25, 0.3) is 0 Å². The van der Waals surface area contributed by atoms with E-state index in [1.165, 1.54) is 5.56 Å². The molecule has 0 aromatic heterocycles. The molecule has 1 unspecified atom stereocenters. The van der Waals surface area contributed by atoms with Crippen molar-refractivity contribution in [3.8, 4) is 0 Å². The molecule has 0 bridgehead atoms. The number of anilines is 1.